The summed E-state index contributed by atoms with van der Waals surface area (Å²) in [6, 6.07) is 16.8. The molecule has 1 aliphatic rings. The van der Waals surface area contributed by atoms with Gasteiger partial charge in [-0.2, -0.15) is 0 Å². The minimum absolute atomic E-state index is 0.102. The van der Waals surface area contributed by atoms with E-state index in [0.717, 1.165) is 18.4 Å². The molecule has 2 aromatic heterocycles. The number of anilines is 1. The summed E-state index contributed by atoms with van der Waals surface area (Å²) < 4.78 is 26.3. The van der Waals surface area contributed by atoms with Gasteiger partial charge in [-0.05, 0) is 72.8 Å². The van der Waals surface area contributed by atoms with Crippen LogP contribution in [0.3, 0.4) is 0 Å². The van der Waals surface area contributed by atoms with Crippen LogP contribution in [0.1, 0.15) is 22.5 Å². The molecule has 0 aliphatic carbocycles. The molecule has 3 heterocycles. The molecule has 0 saturated carbocycles. The molecule has 1 atom stereocenters. The van der Waals surface area contributed by atoms with E-state index in [2.05, 4.69) is 10.3 Å². The molecule has 1 N–H and O–H groups in total. The summed E-state index contributed by atoms with van der Waals surface area (Å²) in [7, 11) is 1.59. The SMILES string of the molecule is COc1ccc(-c2cn(-c3ccc(F)cc3)c(NC(=O)CN(CC3CCCO3)C(=O)c3cccs3)n2)cc1. The lowest BCUT2D eigenvalue weighted by Crippen LogP contribution is -2.42. The maximum absolute atomic E-state index is 13.6. The first-order chi connectivity index (χ1) is 18.5. The van der Waals surface area contributed by atoms with Gasteiger partial charge in [0.1, 0.15) is 18.1 Å². The predicted molar refractivity (Wildman–Crippen MR) is 143 cm³/mol. The van der Waals surface area contributed by atoms with Crippen LogP contribution in [-0.4, -0.2) is 59.2 Å². The van der Waals surface area contributed by atoms with Crippen LogP contribution in [0, 0.1) is 5.82 Å². The highest BCUT2D eigenvalue weighted by Gasteiger charge is 2.26. The number of amides is 2. The number of benzene rings is 2. The van der Waals surface area contributed by atoms with E-state index in [0.29, 0.717) is 35.2 Å². The van der Waals surface area contributed by atoms with Gasteiger partial charge >= 0.3 is 0 Å². The van der Waals surface area contributed by atoms with Crippen molar-refractivity contribution in [2.75, 3.05) is 32.1 Å². The van der Waals surface area contributed by atoms with E-state index in [1.165, 1.54) is 28.4 Å². The fraction of sp³-hybridized carbons (Fsp3) is 0.250. The van der Waals surface area contributed by atoms with Crippen molar-refractivity contribution in [3.05, 3.63) is 82.9 Å². The molecular formula is C28H27FN4O4S. The fourth-order valence-corrected chi connectivity index (χ4v) is 5.01. The van der Waals surface area contributed by atoms with Gasteiger partial charge in [0.15, 0.2) is 0 Å². The van der Waals surface area contributed by atoms with Gasteiger partial charge in [-0.1, -0.05) is 6.07 Å². The Labute approximate surface area is 223 Å². The standard InChI is InChI=1S/C28H27FN4O4S/c1-36-22-12-6-19(7-13-22)24-17-33(21-10-8-20(29)9-11-21)28(30-24)31-26(34)18-32(16-23-4-2-14-37-23)27(35)25-5-3-15-38-25/h3,5-13,15,17,23H,2,4,14,16,18H2,1H3,(H,30,31,34). The van der Waals surface area contributed by atoms with E-state index in [1.54, 1.807) is 36.1 Å². The number of carbonyl (C=O) groups excluding carboxylic acids is 2. The summed E-state index contributed by atoms with van der Waals surface area (Å²) in [5.74, 6) is -0.0173. The normalized spacial score (nSPS) is 14.8. The maximum atomic E-state index is 13.6. The molecule has 196 valence electrons. The highest BCUT2D eigenvalue weighted by Crippen LogP contribution is 2.26. The second-order valence-corrected chi connectivity index (χ2v) is 9.82. The van der Waals surface area contributed by atoms with Crippen molar-refractivity contribution in [1.82, 2.24) is 14.5 Å². The molecule has 8 nitrogen and oxygen atoms in total. The molecule has 4 aromatic rings. The van der Waals surface area contributed by atoms with Crippen molar-refractivity contribution in [1.29, 1.82) is 0 Å². The lowest BCUT2D eigenvalue weighted by molar-refractivity contribution is -0.117. The van der Waals surface area contributed by atoms with Gasteiger partial charge in [0.25, 0.3) is 5.91 Å². The Hall–Kier alpha value is -4.02. The Morgan fingerprint density at radius 3 is 2.63 bits per heavy atom. The van der Waals surface area contributed by atoms with Gasteiger partial charge in [-0.3, -0.25) is 19.5 Å². The summed E-state index contributed by atoms with van der Waals surface area (Å²) >= 11 is 1.33. The number of hydrogen-bond donors (Lipinski definition) is 1. The van der Waals surface area contributed by atoms with Crippen molar-refractivity contribution >= 4 is 29.1 Å². The number of imidazole rings is 1. The molecule has 2 aromatic carbocycles. The number of thiophene rings is 1. The third-order valence-electron chi connectivity index (χ3n) is 6.25. The van der Waals surface area contributed by atoms with Crippen LogP contribution < -0.4 is 10.1 Å². The van der Waals surface area contributed by atoms with Crippen LogP contribution in [0.15, 0.2) is 72.2 Å². The molecule has 0 bridgehead atoms. The number of halogens is 1. The Balaban J connectivity index is 1.40. The predicted octanol–water partition coefficient (Wildman–Crippen LogP) is 5.01. The van der Waals surface area contributed by atoms with Gasteiger partial charge in [0.05, 0.1) is 23.8 Å². The maximum Gasteiger partial charge on any atom is 0.264 e. The molecule has 1 saturated heterocycles. The molecule has 10 heteroatoms. The minimum Gasteiger partial charge on any atom is -0.497 e. The molecule has 2 amide bonds. The molecule has 1 aliphatic heterocycles. The van der Waals surface area contributed by atoms with Gasteiger partial charge in [0, 0.05) is 30.6 Å². The average Bonchev–Trinajstić information content (AvgIpc) is 3.71. The molecule has 0 radical (unpaired) electrons. The van der Waals surface area contributed by atoms with Crippen LogP contribution in [-0.2, 0) is 9.53 Å². The first-order valence-electron chi connectivity index (χ1n) is 12.2. The number of nitrogens with one attached hydrogen (secondary N) is 1. The molecule has 38 heavy (non-hydrogen) atoms. The molecule has 5 rings (SSSR count). The van der Waals surface area contributed by atoms with Gasteiger partial charge in [-0.25, -0.2) is 9.37 Å². The van der Waals surface area contributed by atoms with E-state index >= 15 is 0 Å². The van der Waals surface area contributed by atoms with E-state index in [4.69, 9.17) is 9.47 Å². The minimum atomic E-state index is -0.400. The Bertz CT molecular complexity index is 1380. The summed E-state index contributed by atoms with van der Waals surface area (Å²) in [6.07, 6.45) is 3.44. The zero-order valence-corrected chi connectivity index (χ0v) is 21.6. The third-order valence-corrected chi connectivity index (χ3v) is 7.11. The second kappa shape index (κ2) is 11.6. The number of ether oxygens (including phenoxy) is 2. The number of carbonyl (C=O) groups is 2. The molecule has 1 fully saturated rings. The van der Waals surface area contributed by atoms with Crippen LogP contribution in [0.4, 0.5) is 10.3 Å². The largest absolute Gasteiger partial charge is 0.497 e. The summed E-state index contributed by atoms with van der Waals surface area (Å²) in [5, 5.41) is 4.69. The van der Waals surface area contributed by atoms with Crippen LogP contribution >= 0.6 is 11.3 Å². The van der Waals surface area contributed by atoms with E-state index in [-0.39, 0.29) is 30.3 Å². The highest BCUT2D eigenvalue weighted by molar-refractivity contribution is 7.12. The fourth-order valence-electron chi connectivity index (χ4n) is 4.31. The van der Waals surface area contributed by atoms with Crippen LogP contribution in [0.2, 0.25) is 0 Å². The number of hydrogen-bond acceptors (Lipinski definition) is 6. The second-order valence-electron chi connectivity index (χ2n) is 8.87. The lowest BCUT2D eigenvalue weighted by atomic mass is 10.1. The number of aromatic nitrogens is 2. The zero-order chi connectivity index (χ0) is 26.5. The number of rotatable bonds is 9. The highest BCUT2D eigenvalue weighted by atomic mass is 32.1. The van der Waals surface area contributed by atoms with Gasteiger partial charge in [0.2, 0.25) is 11.9 Å². The topological polar surface area (TPSA) is 85.7 Å². The van der Waals surface area contributed by atoms with Gasteiger partial charge in [-0.15, -0.1) is 11.3 Å². The summed E-state index contributed by atoms with van der Waals surface area (Å²) in [6.45, 7) is 0.819. The summed E-state index contributed by atoms with van der Waals surface area (Å²) in [4.78, 5) is 33.2. The average molecular weight is 535 g/mol. The first-order valence-corrected chi connectivity index (χ1v) is 13.1. The van der Waals surface area contributed by atoms with Gasteiger partial charge < -0.3 is 14.4 Å². The summed E-state index contributed by atoms with van der Waals surface area (Å²) in [5.41, 5.74) is 2.05. The lowest BCUT2D eigenvalue weighted by Gasteiger charge is -2.24. The smallest absolute Gasteiger partial charge is 0.264 e. The third kappa shape index (κ3) is 5.92. The Morgan fingerprint density at radius 2 is 1.97 bits per heavy atom. The van der Waals surface area contributed by atoms with E-state index in [1.807, 2.05) is 35.7 Å². The Morgan fingerprint density at radius 1 is 1.18 bits per heavy atom. The monoisotopic (exact) mass is 534 g/mol. The van der Waals surface area contributed by atoms with Crippen LogP contribution in [0.5, 0.6) is 5.75 Å². The van der Waals surface area contributed by atoms with E-state index in [9.17, 15) is 14.0 Å². The van der Waals surface area contributed by atoms with Crippen molar-refractivity contribution < 1.29 is 23.5 Å². The Kier molecular flexibility index (Phi) is 7.81. The van der Waals surface area contributed by atoms with E-state index < -0.39 is 5.91 Å². The molecule has 0 spiro atoms. The first kappa shape index (κ1) is 25.6. The van der Waals surface area contributed by atoms with Crippen molar-refractivity contribution in [2.24, 2.45) is 0 Å². The molecular weight excluding hydrogens is 507 g/mol. The number of nitrogens with zero attached hydrogens (tertiary/aromatic N) is 3. The van der Waals surface area contributed by atoms with Crippen molar-refractivity contribution in [3.63, 3.8) is 0 Å². The van der Waals surface area contributed by atoms with Crippen LogP contribution in [0.25, 0.3) is 16.9 Å². The quantitative estimate of drug-likeness (QED) is 0.326. The molecule has 1 unspecified atom stereocenters. The number of methoxy groups -OCH3 is 1. The van der Waals surface area contributed by atoms with Crippen molar-refractivity contribution in [3.8, 4) is 22.7 Å². The zero-order valence-electron chi connectivity index (χ0n) is 20.8. The van der Waals surface area contributed by atoms with Crippen molar-refractivity contribution in [2.45, 2.75) is 18.9 Å².